The van der Waals surface area contributed by atoms with Crippen molar-refractivity contribution in [1.82, 2.24) is 9.97 Å². The van der Waals surface area contributed by atoms with Crippen molar-refractivity contribution in [3.63, 3.8) is 0 Å². The van der Waals surface area contributed by atoms with Gasteiger partial charge in [0.15, 0.2) is 9.84 Å². The quantitative estimate of drug-likeness (QED) is 0.220. The van der Waals surface area contributed by atoms with Crippen LogP contribution >= 0.6 is 0 Å². The summed E-state index contributed by atoms with van der Waals surface area (Å²) in [6, 6.07) is 32.1. The van der Waals surface area contributed by atoms with Crippen LogP contribution in [-0.2, 0) is 25.1 Å². The first-order chi connectivity index (χ1) is 20.4. The van der Waals surface area contributed by atoms with E-state index in [1.54, 1.807) is 42.3 Å². The fourth-order valence-corrected chi connectivity index (χ4v) is 6.63. The number of carbonyl (C=O) groups is 1. The zero-order chi connectivity index (χ0) is 29.3. The van der Waals surface area contributed by atoms with Crippen LogP contribution in [0, 0.1) is 0 Å². The summed E-state index contributed by atoms with van der Waals surface area (Å²) in [5.41, 5.74) is 6.92. The van der Waals surface area contributed by atoms with Crippen molar-refractivity contribution in [3.05, 3.63) is 115 Å². The van der Waals surface area contributed by atoms with Crippen molar-refractivity contribution in [2.45, 2.75) is 10.6 Å². The summed E-state index contributed by atoms with van der Waals surface area (Å²) >= 11 is 0. The molecule has 0 spiro atoms. The van der Waals surface area contributed by atoms with Gasteiger partial charge in [0, 0.05) is 53.5 Å². The number of aromatic amines is 1. The maximum Gasteiger partial charge on any atom is 0.252 e. The van der Waals surface area contributed by atoms with Gasteiger partial charge in [0.25, 0.3) is 5.91 Å². The Morgan fingerprint density at radius 1 is 0.881 bits per heavy atom. The van der Waals surface area contributed by atoms with Gasteiger partial charge in [-0.05, 0) is 53.1 Å². The van der Waals surface area contributed by atoms with Crippen LogP contribution in [0.2, 0.25) is 0 Å². The molecule has 0 saturated carbocycles. The summed E-state index contributed by atoms with van der Waals surface area (Å²) in [6.45, 7) is 0.00615. The van der Waals surface area contributed by atoms with Gasteiger partial charge in [-0.15, -0.1) is 0 Å². The number of H-pyrrole nitrogens is 1. The van der Waals surface area contributed by atoms with Gasteiger partial charge in [-0.2, -0.15) is 0 Å². The topological polar surface area (TPSA) is 92.4 Å². The third-order valence-electron chi connectivity index (χ3n) is 7.41. The molecule has 0 radical (unpaired) electrons. The standard InChI is InChI=1S/C34H29N3O4S/c1-37(31(38)21-41-2)26-16-14-24(15-17-26)29-20-35-34-33(32(29)25-9-5-3-6-10-25)28-19-23(13-18-30(28)36-34)22-42(39,40)27-11-7-4-8-12-27/h3-20H,21-22H2,1-2H3,(H,35,36). The molecule has 4 aromatic carbocycles. The molecule has 1 amide bonds. The number of sulfone groups is 1. The molecule has 0 bridgehead atoms. The lowest BCUT2D eigenvalue weighted by Crippen LogP contribution is -2.29. The van der Waals surface area contributed by atoms with Crippen molar-refractivity contribution >= 4 is 43.4 Å². The molecule has 0 fully saturated rings. The van der Waals surface area contributed by atoms with Crippen LogP contribution in [0.25, 0.3) is 44.2 Å². The first-order valence-electron chi connectivity index (χ1n) is 13.5. The maximum atomic E-state index is 13.2. The van der Waals surface area contributed by atoms with Crippen LogP contribution in [0.3, 0.4) is 0 Å². The van der Waals surface area contributed by atoms with Crippen LogP contribution in [0.1, 0.15) is 5.56 Å². The Labute approximate surface area is 244 Å². The van der Waals surface area contributed by atoms with Crippen LogP contribution < -0.4 is 4.90 Å². The molecule has 8 heteroatoms. The summed E-state index contributed by atoms with van der Waals surface area (Å²) in [5.74, 6) is -0.244. The second-order valence-corrected chi connectivity index (χ2v) is 12.1. The zero-order valence-electron chi connectivity index (χ0n) is 23.2. The second-order valence-electron chi connectivity index (χ2n) is 10.1. The van der Waals surface area contributed by atoms with E-state index in [0.29, 0.717) is 10.5 Å². The van der Waals surface area contributed by atoms with Crippen LogP contribution in [0.5, 0.6) is 0 Å². The lowest BCUT2D eigenvalue weighted by Gasteiger charge is -2.18. The number of anilines is 1. The summed E-state index contributed by atoms with van der Waals surface area (Å²) in [6.07, 6.45) is 1.86. The monoisotopic (exact) mass is 575 g/mol. The maximum absolute atomic E-state index is 13.2. The highest BCUT2D eigenvalue weighted by atomic mass is 32.2. The number of ether oxygens (including phenoxy) is 1. The number of pyridine rings is 1. The Balaban J connectivity index is 1.50. The molecule has 42 heavy (non-hydrogen) atoms. The minimum atomic E-state index is -3.51. The average molecular weight is 576 g/mol. The normalized spacial score (nSPS) is 11.7. The van der Waals surface area contributed by atoms with E-state index in [1.807, 2.05) is 66.9 Å². The van der Waals surface area contributed by atoms with E-state index in [1.165, 1.54) is 7.11 Å². The number of likely N-dealkylation sites (N-methyl/N-ethyl adjacent to an activating group) is 1. The summed E-state index contributed by atoms with van der Waals surface area (Å²) in [4.78, 5) is 22.4. The molecule has 0 aliphatic rings. The Morgan fingerprint density at radius 3 is 2.26 bits per heavy atom. The highest BCUT2D eigenvalue weighted by molar-refractivity contribution is 7.90. The molecule has 6 aromatic rings. The van der Waals surface area contributed by atoms with Crippen LogP contribution in [-0.4, -0.2) is 45.1 Å². The van der Waals surface area contributed by atoms with Gasteiger partial charge in [-0.3, -0.25) is 4.79 Å². The number of methoxy groups -OCH3 is 1. The number of rotatable bonds is 8. The highest BCUT2D eigenvalue weighted by Gasteiger charge is 2.20. The Hall–Kier alpha value is -4.79. The Bertz CT molecular complexity index is 2000. The molecule has 0 aliphatic carbocycles. The summed E-state index contributed by atoms with van der Waals surface area (Å²) in [7, 11) is -0.292. The van der Waals surface area contributed by atoms with Gasteiger partial charge in [-0.1, -0.05) is 66.7 Å². The van der Waals surface area contributed by atoms with Crippen molar-refractivity contribution in [1.29, 1.82) is 0 Å². The van der Waals surface area contributed by atoms with Gasteiger partial charge in [0.1, 0.15) is 12.3 Å². The lowest BCUT2D eigenvalue weighted by atomic mass is 9.92. The van der Waals surface area contributed by atoms with Gasteiger partial charge >= 0.3 is 0 Å². The van der Waals surface area contributed by atoms with Gasteiger partial charge in [0.05, 0.1) is 10.6 Å². The third kappa shape index (κ3) is 5.18. The van der Waals surface area contributed by atoms with Crippen molar-refractivity contribution in [3.8, 4) is 22.3 Å². The molecule has 0 unspecified atom stereocenters. The molecule has 6 rings (SSSR count). The van der Waals surface area contributed by atoms with E-state index in [2.05, 4.69) is 17.1 Å². The van der Waals surface area contributed by atoms with Crippen molar-refractivity contribution in [2.24, 2.45) is 0 Å². The second kappa shape index (κ2) is 11.2. The predicted octanol–water partition coefficient (Wildman–Crippen LogP) is 6.63. The first kappa shape index (κ1) is 27.4. The van der Waals surface area contributed by atoms with E-state index in [-0.39, 0.29) is 18.3 Å². The molecule has 0 atom stereocenters. The molecule has 1 N–H and O–H groups in total. The van der Waals surface area contributed by atoms with Gasteiger partial charge in [0.2, 0.25) is 0 Å². The summed E-state index contributed by atoms with van der Waals surface area (Å²) in [5, 5.41) is 1.82. The van der Waals surface area contributed by atoms with E-state index in [4.69, 9.17) is 9.72 Å². The number of fused-ring (bicyclic) bond motifs is 3. The zero-order valence-corrected chi connectivity index (χ0v) is 24.1. The van der Waals surface area contributed by atoms with Crippen molar-refractivity contribution < 1.29 is 17.9 Å². The molecule has 210 valence electrons. The number of aromatic nitrogens is 2. The van der Waals surface area contributed by atoms with E-state index >= 15 is 0 Å². The number of nitrogens with one attached hydrogen (secondary N) is 1. The largest absolute Gasteiger partial charge is 0.375 e. The van der Waals surface area contributed by atoms with Crippen LogP contribution in [0.15, 0.2) is 114 Å². The van der Waals surface area contributed by atoms with E-state index in [0.717, 1.165) is 49.9 Å². The lowest BCUT2D eigenvalue weighted by molar-refractivity contribution is -0.121. The average Bonchev–Trinajstić information content (AvgIpc) is 3.39. The molecule has 0 aliphatic heterocycles. The Morgan fingerprint density at radius 2 is 1.57 bits per heavy atom. The third-order valence-corrected chi connectivity index (χ3v) is 9.12. The number of benzene rings is 4. The van der Waals surface area contributed by atoms with Gasteiger partial charge in [-0.25, -0.2) is 13.4 Å². The fraction of sp³-hybridized carbons (Fsp3) is 0.118. The minimum Gasteiger partial charge on any atom is -0.375 e. The Kier molecular flexibility index (Phi) is 7.33. The highest BCUT2D eigenvalue weighted by Crippen LogP contribution is 2.41. The number of hydrogen-bond donors (Lipinski definition) is 1. The molecule has 7 nitrogen and oxygen atoms in total. The number of amides is 1. The van der Waals surface area contributed by atoms with Crippen molar-refractivity contribution in [2.75, 3.05) is 25.7 Å². The fourth-order valence-electron chi connectivity index (χ4n) is 5.28. The number of hydrogen-bond acceptors (Lipinski definition) is 5. The molecular weight excluding hydrogens is 546 g/mol. The van der Waals surface area contributed by atoms with Crippen LogP contribution in [0.4, 0.5) is 5.69 Å². The van der Waals surface area contributed by atoms with Gasteiger partial charge < -0.3 is 14.6 Å². The summed E-state index contributed by atoms with van der Waals surface area (Å²) < 4.78 is 31.3. The van der Waals surface area contributed by atoms with E-state index in [9.17, 15) is 13.2 Å². The molecule has 2 heterocycles. The first-order valence-corrected chi connectivity index (χ1v) is 15.1. The SMILES string of the molecule is COCC(=O)N(C)c1ccc(-c2cnc3[nH]c4ccc(CS(=O)(=O)c5ccccc5)cc4c3c2-c2ccccc2)cc1. The smallest absolute Gasteiger partial charge is 0.252 e. The van der Waals surface area contributed by atoms with E-state index < -0.39 is 9.84 Å². The molecular formula is C34H29N3O4S. The predicted molar refractivity (Wildman–Crippen MR) is 167 cm³/mol. The molecule has 2 aromatic heterocycles. The minimum absolute atomic E-state index is 0.00615. The number of carbonyl (C=O) groups excluding carboxylic acids is 1. The molecule has 0 saturated heterocycles. The number of nitrogens with zero attached hydrogens (tertiary/aromatic N) is 2.